The number of allylic oxidation sites excluding steroid dienone is 1. The molecule has 1 unspecified atom stereocenters. The van der Waals surface area contributed by atoms with Crippen molar-refractivity contribution in [2.45, 2.75) is 62.4 Å². The number of hydrogen-bond donors (Lipinski definition) is 1. The van der Waals surface area contributed by atoms with Gasteiger partial charge in [-0.05, 0) is 72.9 Å². The third-order valence-corrected chi connectivity index (χ3v) is 9.33. The maximum absolute atomic E-state index is 13.7. The number of fused-ring (bicyclic) bond motifs is 2. The first kappa shape index (κ1) is 23.8. The van der Waals surface area contributed by atoms with Crippen molar-refractivity contribution >= 4 is 22.0 Å². The molecular formula is C27H32N4O3S. The van der Waals surface area contributed by atoms with Crippen LogP contribution in [-0.4, -0.2) is 42.9 Å². The van der Waals surface area contributed by atoms with E-state index in [4.69, 9.17) is 0 Å². The number of amides is 1. The Kier molecular flexibility index (Phi) is 6.81. The lowest BCUT2D eigenvalue weighted by atomic mass is 9.75. The zero-order chi connectivity index (χ0) is 24.4. The smallest absolute Gasteiger partial charge is 0.241 e. The molecule has 8 heteroatoms. The number of likely N-dealkylation sites (tertiary alicyclic amines) is 1. The van der Waals surface area contributed by atoms with Gasteiger partial charge in [0.2, 0.25) is 15.9 Å². The van der Waals surface area contributed by atoms with Crippen molar-refractivity contribution in [3.05, 3.63) is 59.4 Å². The number of aromatic nitrogens is 1. The summed E-state index contributed by atoms with van der Waals surface area (Å²) < 4.78 is 31.3. The fourth-order valence-electron chi connectivity index (χ4n) is 5.89. The minimum atomic E-state index is -3.89. The molecule has 1 saturated carbocycles. The van der Waals surface area contributed by atoms with E-state index in [1.54, 1.807) is 35.0 Å². The third kappa shape index (κ3) is 5.07. The van der Waals surface area contributed by atoms with E-state index in [1.165, 1.54) is 19.3 Å². The van der Waals surface area contributed by atoms with E-state index in [1.807, 2.05) is 23.1 Å². The Labute approximate surface area is 207 Å². The number of rotatable bonds is 7. The molecule has 35 heavy (non-hydrogen) atoms. The zero-order valence-corrected chi connectivity index (χ0v) is 20.7. The monoisotopic (exact) mass is 492 g/mol. The molecule has 1 aromatic heterocycles. The molecule has 2 heterocycles. The number of carbonyl (C=O) groups excluding carboxylic acids is 1. The van der Waals surface area contributed by atoms with Gasteiger partial charge in [-0.1, -0.05) is 37.5 Å². The highest BCUT2D eigenvalue weighted by molar-refractivity contribution is 7.89. The fourth-order valence-corrected chi connectivity index (χ4v) is 7.16. The lowest BCUT2D eigenvalue weighted by Crippen LogP contribution is -2.53. The molecule has 7 nitrogen and oxygen atoms in total. The molecule has 1 N–H and O–H groups in total. The number of aryl methyl sites for hydroxylation is 1. The van der Waals surface area contributed by atoms with Crippen molar-refractivity contribution in [2.24, 2.45) is 11.8 Å². The van der Waals surface area contributed by atoms with Crippen LogP contribution in [0.25, 0.3) is 6.08 Å². The quantitative estimate of drug-likeness (QED) is 0.638. The number of nitriles is 1. The summed E-state index contributed by atoms with van der Waals surface area (Å²) in [5, 5.41) is 9.34. The first-order chi connectivity index (χ1) is 16.9. The molecule has 3 aliphatic rings. The Balaban J connectivity index is 1.36. The molecule has 0 bridgehead atoms. The van der Waals surface area contributed by atoms with E-state index < -0.39 is 16.1 Å². The average Bonchev–Trinajstić information content (AvgIpc) is 3.54. The Morgan fingerprint density at radius 2 is 2.00 bits per heavy atom. The molecule has 3 atom stereocenters. The number of benzene rings is 1. The molecule has 184 valence electrons. The molecule has 2 fully saturated rings. The summed E-state index contributed by atoms with van der Waals surface area (Å²) in [5.74, 6) is 1.03. The largest absolute Gasteiger partial charge is 0.341 e. The highest BCUT2D eigenvalue weighted by Crippen LogP contribution is 2.36. The molecule has 5 rings (SSSR count). The van der Waals surface area contributed by atoms with Crippen LogP contribution in [0.3, 0.4) is 0 Å². The van der Waals surface area contributed by atoms with Crippen molar-refractivity contribution in [1.82, 2.24) is 14.2 Å². The Morgan fingerprint density at radius 3 is 2.83 bits per heavy atom. The van der Waals surface area contributed by atoms with Crippen molar-refractivity contribution in [2.75, 3.05) is 13.1 Å². The van der Waals surface area contributed by atoms with Crippen molar-refractivity contribution in [3.63, 3.8) is 0 Å². The van der Waals surface area contributed by atoms with Crippen LogP contribution in [-0.2, 0) is 27.8 Å². The van der Waals surface area contributed by atoms with Gasteiger partial charge in [0.05, 0.1) is 4.90 Å². The maximum atomic E-state index is 13.7. The summed E-state index contributed by atoms with van der Waals surface area (Å²) in [6.45, 7) is 1.76. The topological polar surface area (TPSA) is 95.2 Å². The van der Waals surface area contributed by atoms with Crippen LogP contribution >= 0.6 is 0 Å². The first-order valence-electron chi connectivity index (χ1n) is 12.6. The molecule has 1 saturated heterocycles. The number of piperidine rings is 1. The van der Waals surface area contributed by atoms with Crippen molar-refractivity contribution in [3.8, 4) is 6.07 Å². The van der Waals surface area contributed by atoms with Crippen LogP contribution in [0.2, 0.25) is 0 Å². The van der Waals surface area contributed by atoms with E-state index in [0.717, 1.165) is 24.0 Å². The SMILES string of the molecule is N#Cc1cccn1CCC(NS(=O)(=O)c1ccc2c(c1)CC=C2)C(=O)N1CC[C@H]2CCCC[C@@H]2C1. The fraction of sp³-hybridized carbons (Fsp3) is 0.481. The van der Waals surface area contributed by atoms with Gasteiger partial charge in [0.1, 0.15) is 17.8 Å². The van der Waals surface area contributed by atoms with E-state index >= 15 is 0 Å². The van der Waals surface area contributed by atoms with Gasteiger partial charge in [0.15, 0.2) is 0 Å². The van der Waals surface area contributed by atoms with E-state index in [-0.39, 0.29) is 17.2 Å². The lowest BCUT2D eigenvalue weighted by Gasteiger charge is -2.42. The first-order valence-corrected chi connectivity index (χ1v) is 14.1. The Hall–Kier alpha value is -2.89. The molecule has 0 radical (unpaired) electrons. The molecule has 1 aromatic carbocycles. The van der Waals surface area contributed by atoms with E-state index in [2.05, 4.69) is 10.8 Å². The zero-order valence-electron chi connectivity index (χ0n) is 19.9. The van der Waals surface area contributed by atoms with E-state index in [9.17, 15) is 18.5 Å². The van der Waals surface area contributed by atoms with Gasteiger partial charge in [-0.15, -0.1) is 0 Å². The number of nitrogens with one attached hydrogen (secondary N) is 1. The maximum Gasteiger partial charge on any atom is 0.241 e. The van der Waals surface area contributed by atoms with Gasteiger partial charge < -0.3 is 9.47 Å². The summed E-state index contributed by atoms with van der Waals surface area (Å²) >= 11 is 0. The second-order valence-electron chi connectivity index (χ2n) is 10.0. The number of sulfonamides is 1. The molecule has 1 amide bonds. The van der Waals surface area contributed by atoms with Crippen molar-refractivity contribution < 1.29 is 13.2 Å². The molecule has 2 aliphatic carbocycles. The Morgan fingerprint density at radius 1 is 1.17 bits per heavy atom. The van der Waals surface area contributed by atoms with Gasteiger partial charge >= 0.3 is 0 Å². The normalized spacial score (nSPS) is 22.3. The van der Waals surface area contributed by atoms with Crippen LogP contribution in [0, 0.1) is 23.2 Å². The van der Waals surface area contributed by atoms with Gasteiger partial charge in [-0.3, -0.25) is 4.79 Å². The van der Waals surface area contributed by atoms with Gasteiger partial charge in [-0.25, -0.2) is 8.42 Å². The minimum absolute atomic E-state index is 0.161. The predicted molar refractivity (Wildman–Crippen MR) is 134 cm³/mol. The summed E-state index contributed by atoms with van der Waals surface area (Å²) in [6.07, 6.45) is 12.6. The van der Waals surface area contributed by atoms with E-state index in [0.29, 0.717) is 43.6 Å². The minimum Gasteiger partial charge on any atom is -0.341 e. The summed E-state index contributed by atoms with van der Waals surface area (Å²) in [5.41, 5.74) is 2.50. The molecule has 1 aliphatic heterocycles. The summed E-state index contributed by atoms with van der Waals surface area (Å²) in [7, 11) is -3.89. The average molecular weight is 493 g/mol. The Bertz CT molecular complexity index is 1270. The third-order valence-electron chi connectivity index (χ3n) is 7.86. The molecule has 2 aromatic rings. The second kappa shape index (κ2) is 10.00. The molecule has 0 spiro atoms. The second-order valence-corrected chi connectivity index (χ2v) is 11.7. The number of hydrogen-bond acceptors (Lipinski definition) is 4. The highest BCUT2D eigenvalue weighted by Gasteiger charge is 2.36. The van der Waals surface area contributed by atoms with Crippen LogP contribution in [0.1, 0.15) is 55.3 Å². The number of carbonyl (C=O) groups is 1. The standard InChI is InChI=1S/C27H32N4O3S/c28-18-24-9-4-14-30(24)16-13-26(27(32)31-15-12-21-5-1-2-6-23(21)19-31)29-35(33,34)25-11-10-20-7-3-8-22(20)17-25/h3-4,7,9-11,14,17,21,23,26,29H,1-2,5-6,8,12-13,15-16,19H2/t21-,23-,26?/m1/s1. The summed E-state index contributed by atoms with van der Waals surface area (Å²) in [4.78, 5) is 15.7. The van der Waals surface area contributed by atoms with Gasteiger partial charge in [0, 0.05) is 25.8 Å². The highest BCUT2D eigenvalue weighted by atomic mass is 32.2. The lowest BCUT2D eigenvalue weighted by molar-refractivity contribution is -0.136. The van der Waals surface area contributed by atoms with Crippen LogP contribution < -0.4 is 4.72 Å². The van der Waals surface area contributed by atoms with Crippen LogP contribution in [0.4, 0.5) is 0 Å². The van der Waals surface area contributed by atoms with Crippen LogP contribution in [0.5, 0.6) is 0 Å². The predicted octanol–water partition coefficient (Wildman–Crippen LogP) is 3.70. The molecular weight excluding hydrogens is 460 g/mol. The van der Waals surface area contributed by atoms with Gasteiger partial charge in [-0.2, -0.15) is 9.98 Å². The van der Waals surface area contributed by atoms with Crippen LogP contribution in [0.15, 0.2) is 47.5 Å². The van der Waals surface area contributed by atoms with Gasteiger partial charge in [0.25, 0.3) is 0 Å². The van der Waals surface area contributed by atoms with Crippen molar-refractivity contribution in [1.29, 1.82) is 5.26 Å². The summed E-state index contributed by atoms with van der Waals surface area (Å²) in [6, 6.07) is 9.88. The number of nitrogens with zero attached hydrogens (tertiary/aromatic N) is 3.